The average molecular weight is 614 g/mol. The summed E-state index contributed by atoms with van der Waals surface area (Å²) in [6, 6.07) is 9.64. The van der Waals surface area contributed by atoms with Crippen LogP contribution in [0.4, 0.5) is 0 Å². The molecule has 1 aromatic carbocycles. The lowest BCUT2D eigenvalue weighted by atomic mass is 10.0. The van der Waals surface area contributed by atoms with Gasteiger partial charge in [0.25, 0.3) is 5.91 Å². The standard InChI is InChI=1S/C34H43N7O4/c1-18-16-45-17-25-19(2)24(25)15-41-28(12-21-8-9-26(37-31(21)41)20(3)36-33(18)42)32-38-27-11-22(13-29(44-5)30(27)39(32)4)34(43)40-10-6-7-23(35)14-40/h8-9,11-13,18-20,23-25H,6-7,10,14-17,35H2,1-5H3,(H,36,42)/t18-,19-,20-,23-,24+,25-/m1/s1. The van der Waals surface area contributed by atoms with Crippen molar-refractivity contribution in [2.45, 2.75) is 52.2 Å². The predicted molar refractivity (Wildman–Crippen MR) is 172 cm³/mol. The van der Waals surface area contributed by atoms with E-state index in [-0.39, 0.29) is 29.8 Å². The number of hydrogen-bond acceptors (Lipinski definition) is 7. The van der Waals surface area contributed by atoms with Crippen LogP contribution in [0.3, 0.4) is 0 Å². The average Bonchev–Trinajstić information content (AvgIpc) is 3.31. The summed E-state index contributed by atoms with van der Waals surface area (Å²) < 4.78 is 16.2. The van der Waals surface area contributed by atoms with Crippen molar-refractivity contribution in [1.82, 2.24) is 29.3 Å². The minimum absolute atomic E-state index is 0.00294. The van der Waals surface area contributed by atoms with Gasteiger partial charge in [-0.2, -0.15) is 0 Å². The van der Waals surface area contributed by atoms with E-state index in [2.05, 4.69) is 28.9 Å². The highest BCUT2D eigenvalue weighted by molar-refractivity contribution is 6.00. The third-order valence-electron chi connectivity index (χ3n) is 10.2. The number of aryl methyl sites for hydroxylation is 1. The summed E-state index contributed by atoms with van der Waals surface area (Å²) in [7, 11) is 3.61. The fourth-order valence-electron chi connectivity index (χ4n) is 7.26. The first-order valence-electron chi connectivity index (χ1n) is 16.1. The topological polar surface area (TPSA) is 130 Å². The van der Waals surface area contributed by atoms with Crippen molar-refractivity contribution < 1.29 is 19.1 Å². The van der Waals surface area contributed by atoms with Gasteiger partial charge < -0.3 is 34.6 Å². The maximum atomic E-state index is 13.5. The monoisotopic (exact) mass is 613 g/mol. The molecule has 45 heavy (non-hydrogen) atoms. The second kappa shape index (κ2) is 11.4. The van der Waals surface area contributed by atoms with Gasteiger partial charge in [-0.15, -0.1) is 0 Å². The molecule has 11 nitrogen and oxygen atoms in total. The molecule has 2 fully saturated rings. The number of amides is 2. The first-order valence-corrected chi connectivity index (χ1v) is 16.1. The van der Waals surface area contributed by atoms with Crippen LogP contribution in [0.1, 0.15) is 55.7 Å². The number of likely N-dealkylation sites (tertiary alicyclic amines) is 1. The number of nitrogens with one attached hydrogen (secondary N) is 1. The minimum Gasteiger partial charge on any atom is -0.494 e. The fraction of sp³-hybridized carbons (Fsp3) is 0.529. The molecule has 2 amide bonds. The number of ether oxygens (including phenoxy) is 2. The quantitative estimate of drug-likeness (QED) is 0.359. The Morgan fingerprint density at radius 3 is 2.69 bits per heavy atom. The van der Waals surface area contributed by atoms with Crippen LogP contribution in [-0.4, -0.2) is 75.3 Å². The summed E-state index contributed by atoms with van der Waals surface area (Å²) in [6.07, 6.45) is 1.83. The zero-order valence-electron chi connectivity index (χ0n) is 26.7. The number of imidazole rings is 1. The molecule has 0 spiro atoms. The minimum atomic E-state index is -0.253. The molecule has 6 atom stereocenters. The van der Waals surface area contributed by atoms with Crippen LogP contribution >= 0.6 is 0 Å². The molecule has 2 bridgehead atoms. The van der Waals surface area contributed by atoms with E-state index in [9.17, 15) is 9.59 Å². The fourth-order valence-corrected chi connectivity index (χ4v) is 7.26. The smallest absolute Gasteiger partial charge is 0.254 e. The number of carbonyl (C=O) groups is 2. The first kappa shape index (κ1) is 29.7. The van der Waals surface area contributed by atoms with Crippen molar-refractivity contribution in [1.29, 1.82) is 0 Å². The van der Waals surface area contributed by atoms with Gasteiger partial charge in [-0.1, -0.05) is 13.8 Å². The lowest BCUT2D eigenvalue weighted by Crippen LogP contribution is -2.45. The third kappa shape index (κ3) is 5.25. The molecule has 4 aromatic rings. The summed E-state index contributed by atoms with van der Waals surface area (Å²) in [6.45, 7) is 9.20. The highest BCUT2D eigenvalue weighted by Gasteiger charge is 2.47. The van der Waals surface area contributed by atoms with E-state index >= 15 is 0 Å². The summed E-state index contributed by atoms with van der Waals surface area (Å²) in [5.41, 5.74) is 10.9. The van der Waals surface area contributed by atoms with Crippen molar-refractivity contribution in [3.8, 4) is 17.3 Å². The molecule has 7 rings (SSSR count). The molecule has 1 saturated heterocycles. The van der Waals surface area contributed by atoms with Crippen LogP contribution in [0.25, 0.3) is 33.6 Å². The number of aromatic nitrogens is 4. The second-order valence-electron chi connectivity index (χ2n) is 13.3. The van der Waals surface area contributed by atoms with Crippen LogP contribution in [0, 0.1) is 23.7 Å². The van der Waals surface area contributed by atoms with E-state index in [0.29, 0.717) is 60.9 Å². The molecular weight excluding hydrogens is 570 g/mol. The molecular formula is C34H43N7O4. The van der Waals surface area contributed by atoms with Gasteiger partial charge in [0.2, 0.25) is 5.91 Å². The number of nitrogens with zero attached hydrogens (tertiary/aromatic N) is 5. The summed E-state index contributed by atoms with van der Waals surface area (Å²) >= 11 is 0. The molecule has 2 aliphatic heterocycles. The highest BCUT2D eigenvalue weighted by atomic mass is 16.5. The van der Waals surface area contributed by atoms with Crippen LogP contribution in [0.15, 0.2) is 30.3 Å². The molecule has 11 heteroatoms. The Kier molecular flexibility index (Phi) is 7.56. The molecule has 1 saturated carbocycles. The number of nitrogens with two attached hydrogens (primary N) is 1. The summed E-state index contributed by atoms with van der Waals surface area (Å²) in [5.74, 6) is 2.36. The van der Waals surface area contributed by atoms with Gasteiger partial charge >= 0.3 is 0 Å². The van der Waals surface area contributed by atoms with Crippen molar-refractivity contribution in [3.05, 3.63) is 41.6 Å². The Bertz CT molecular complexity index is 1790. The molecule has 5 heterocycles. The maximum absolute atomic E-state index is 13.5. The number of piperidine rings is 1. The molecule has 0 radical (unpaired) electrons. The number of benzene rings is 1. The first-order chi connectivity index (χ1) is 21.6. The second-order valence-corrected chi connectivity index (χ2v) is 13.3. The van der Waals surface area contributed by atoms with Crippen LogP contribution in [-0.2, 0) is 23.1 Å². The molecule has 238 valence electrons. The summed E-state index contributed by atoms with van der Waals surface area (Å²) in [5, 5.41) is 4.12. The molecule has 3 aromatic heterocycles. The lowest BCUT2D eigenvalue weighted by Gasteiger charge is -2.30. The predicted octanol–water partition coefficient (Wildman–Crippen LogP) is 3.89. The Hall–Kier alpha value is -3.96. The van der Waals surface area contributed by atoms with E-state index in [1.54, 1.807) is 7.11 Å². The third-order valence-corrected chi connectivity index (χ3v) is 10.2. The molecule has 3 N–H and O–H groups in total. The Labute approximate surface area is 263 Å². The lowest BCUT2D eigenvalue weighted by molar-refractivity contribution is -0.127. The molecule has 1 aliphatic carbocycles. The van der Waals surface area contributed by atoms with Gasteiger partial charge in [-0.05, 0) is 67.9 Å². The van der Waals surface area contributed by atoms with E-state index in [1.807, 2.05) is 48.6 Å². The van der Waals surface area contributed by atoms with Crippen molar-refractivity contribution in [3.63, 3.8) is 0 Å². The SMILES string of the molecule is COc1cc(C(=O)N2CCC[C@@H](N)C2)cc2nc(-c3cc4ccc5nc4n3C[C@H]3[C@@H](C)[C@H]3COC[C@@H](C)C(=O)N[C@@H]5C)n(C)c12. The summed E-state index contributed by atoms with van der Waals surface area (Å²) in [4.78, 5) is 38.5. The molecule has 3 aliphatic rings. The van der Waals surface area contributed by atoms with Crippen molar-refractivity contribution in [2.24, 2.45) is 36.5 Å². The van der Waals surface area contributed by atoms with Crippen LogP contribution in [0.2, 0.25) is 0 Å². The van der Waals surface area contributed by atoms with Crippen molar-refractivity contribution in [2.75, 3.05) is 33.4 Å². The zero-order valence-corrected chi connectivity index (χ0v) is 26.7. The van der Waals surface area contributed by atoms with Gasteiger partial charge in [0.05, 0.1) is 49.2 Å². The Balaban J connectivity index is 1.34. The number of carbonyl (C=O) groups excluding carboxylic acids is 2. The Morgan fingerprint density at radius 2 is 1.91 bits per heavy atom. The maximum Gasteiger partial charge on any atom is 0.254 e. The largest absolute Gasteiger partial charge is 0.494 e. The van der Waals surface area contributed by atoms with Crippen molar-refractivity contribution >= 4 is 33.9 Å². The number of rotatable bonds is 3. The zero-order chi connectivity index (χ0) is 31.6. The van der Waals surface area contributed by atoms with E-state index in [0.717, 1.165) is 53.1 Å². The number of pyridine rings is 1. The normalized spacial score (nSPS) is 27.3. The van der Waals surface area contributed by atoms with Gasteiger partial charge in [0, 0.05) is 43.7 Å². The van der Waals surface area contributed by atoms with Crippen LogP contribution in [0.5, 0.6) is 5.75 Å². The van der Waals surface area contributed by atoms with E-state index in [1.165, 1.54) is 0 Å². The Morgan fingerprint density at radius 1 is 1.09 bits per heavy atom. The van der Waals surface area contributed by atoms with Gasteiger partial charge in [-0.25, -0.2) is 9.97 Å². The van der Waals surface area contributed by atoms with E-state index < -0.39 is 0 Å². The number of hydrogen-bond donors (Lipinski definition) is 2. The van der Waals surface area contributed by atoms with Gasteiger partial charge in [0.1, 0.15) is 16.9 Å². The van der Waals surface area contributed by atoms with Crippen LogP contribution < -0.4 is 15.8 Å². The van der Waals surface area contributed by atoms with Gasteiger partial charge in [0.15, 0.2) is 5.82 Å². The van der Waals surface area contributed by atoms with Gasteiger partial charge in [-0.3, -0.25) is 9.59 Å². The molecule has 0 unspecified atom stereocenters. The highest BCUT2D eigenvalue weighted by Crippen LogP contribution is 2.48. The number of fused-ring (bicyclic) bond motifs is 3. The van der Waals surface area contributed by atoms with E-state index in [4.69, 9.17) is 25.2 Å². The number of methoxy groups -OCH3 is 1.